The van der Waals surface area contributed by atoms with E-state index < -0.39 is 0 Å². The lowest BCUT2D eigenvalue weighted by atomic mass is 9.90. The maximum absolute atomic E-state index is 12.9. The number of piperazine rings is 1. The van der Waals surface area contributed by atoms with E-state index in [1.165, 1.54) is 10.4 Å². The van der Waals surface area contributed by atoms with Crippen molar-refractivity contribution in [3.8, 4) is 0 Å². The smallest absolute Gasteiger partial charge is 0.216 e. The molecule has 2 aromatic carbocycles. The zero-order valence-electron chi connectivity index (χ0n) is 16.2. The van der Waals surface area contributed by atoms with Gasteiger partial charge in [-0.05, 0) is 24.7 Å². The highest BCUT2D eigenvalue weighted by atomic mass is 16.1. The third kappa shape index (κ3) is 3.03. The highest BCUT2D eigenvalue weighted by Crippen LogP contribution is 2.26. The molecule has 29 heavy (non-hydrogen) atoms. The lowest BCUT2D eigenvalue weighted by Gasteiger charge is -2.34. The van der Waals surface area contributed by atoms with Crippen molar-refractivity contribution in [3.63, 3.8) is 0 Å². The van der Waals surface area contributed by atoms with E-state index in [0.717, 1.165) is 31.7 Å². The van der Waals surface area contributed by atoms with Crippen LogP contribution in [0.15, 0.2) is 48.5 Å². The molecule has 0 N–H and O–H groups in total. The summed E-state index contributed by atoms with van der Waals surface area (Å²) < 4.78 is 1.54. The third-order valence-corrected chi connectivity index (χ3v) is 5.72. The van der Waals surface area contributed by atoms with E-state index in [0.29, 0.717) is 17.7 Å². The van der Waals surface area contributed by atoms with Crippen molar-refractivity contribution in [1.29, 1.82) is 0 Å². The highest BCUT2D eigenvalue weighted by Gasteiger charge is 2.34. The van der Waals surface area contributed by atoms with E-state index in [9.17, 15) is 9.59 Å². The molecule has 1 fully saturated rings. The van der Waals surface area contributed by atoms with Crippen LogP contribution in [-0.4, -0.2) is 64.7 Å². The molecular weight excluding hydrogens is 366 g/mol. The van der Waals surface area contributed by atoms with Crippen molar-refractivity contribution >= 4 is 17.3 Å². The minimum Gasteiger partial charge on any atom is -0.369 e. The number of hydrogen-bond acceptors (Lipinski definition) is 6. The van der Waals surface area contributed by atoms with E-state index in [1.54, 1.807) is 24.3 Å². The summed E-state index contributed by atoms with van der Waals surface area (Å²) in [5, 5.41) is 8.12. The van der Waals surface area contributed by atoms with Gasteiger partial charge in [0.25, 0.3) is 0 Å². The van der Waals surface area contributed by atoms with Crippen molar-refractivity contribution in [3.05, 3.63) is 76.6 Å². The van der Waals surface area contributed by atoms with Crippen molar-refractivity contribution in [2.45, 2.75) is 6.54 Å². The lowest BCUT2D eigenvalue weighted by molar-refractivity contribution is 0.0971. The SMILES string of the molecule is CN1CCN(c2ccc(Cn3nnc4c3C(=O)c3ccccc3C4=O)cc2)CC1. The molecule has 146 valence electrons. The summed E-state index contributed by atoms with van der Waals surface area (Å²) in [6.45, 7) is 4.55. The molecule has 0 spiro atoms. The Balaban J connectivity index is 1.39. The van der Waals surface area contributed by atoms with Gasteiger partial charge in [-0.3, -0.25) is 9.59 Å². The lowest BCUT2D eigenvalue weighted by Crippen LogP contribution is -2.44. The Kier molecular flexibility index (Phi) is 4.24. The van der Waals surface area contributed by atoms with Crippen LogP contribution in [0.1, 0.15) is 37.7 Å². The fourth-order valence-electron chi connectivity index (χ4n) is 3.99. The molecule has 1 saturated heterocycles. The van der Waals surface area contributed by atoms with Crippen LogP contribution in [0.2, 0.25) is 0 Å². The normalized spacial score (nSPS) is 16.7. The second-order valence-corrected chi connectivity index (χ2v) is 7.60. The van der Waals surface area contributed by atoms with Gasteiger partial charge >= 0.3 is 0 Å². The third-order valence-electron chi connectivity index (χ3n) is 5.72. The van der Waals surface area contributed by atoms with E-state index in [4.69, 9.17) is 0 Å². The van der Waals surface area contributed by atoms with E-state index >= 15 is 0 Å². The monoisotopic (exact) mass is 387 g/mol. The molecule has 0 unspecified atom stereocenters. The molecule has 5 rings (SSSR count). The van der Waals surface area contributed by atoms with Crippen LogP contribution in [0.5, 0.6) is 0 Å². The maximum atomic E-state index is 12.9. The van der Waals surface area contributed by atoms with Gasteiger partial charge in [0.1, 0.15) is 5.69 Å². The molecule has 1 aliphatic heterocycles. The Morgan fingerprint density at radius 1 is 0.862 bits per heavy atom. The molecule has 7 heteroatoms. The van der Waals surface area contributed by atoms with Gasteiger partial charge in [0, 0.05) is 43.0 Å². The van der Waals surface area contributed by atoms with Crippen LogP contribution in [0, 0.1) is 0 Å². The van der Waals surface area contributed by atoms with Gasteiger partial charge in [0.05, 0.1) is 6.54 Å². The predicted octanol–water partition coefficient (Wildman–Crippen LogP) is 1.85. The van der Waals surface area contributed by atoms with Gasteiger partial charge in [0.15, 0.2) is 5.69 Å². The molecule has 3 aromatic rings. The van der Waals surface area contributed by atoms with Crippen LogP contribution in [0.25, 0.3) is 0 Å². The van der Waals surface area contributed by atoms with Gasteiger partial charge < -0.3 is 9.80 Å². The topological polar surface area (TPSA) is 71.3 Å². The summed E-state index contributed by atoms with van der Waals surface area (Å²) in [6.07, 6.45) is 0. The number of aromatic nitrogens is 3. The first-order valence-corrected chi connectivity index (χ1v) is 9.76. The molecule has 0 radical (unpaired) electrons. The van der Waals surface area contributed by atoms with Gasteiger partial charge in [-0.1, -0.05) is 41.6 Å². The van der Waals surface area contributed by atoms with Crippen LogP contribution >= 0.6 is 0 Å². The summed E-state index contributed by atoms with van der Waals surface area (Å²) in [7, 11) is 2.14. The number of carbonyl (C=O) groups excluding carboxylic acids is 2. The van der Waals surface area contributed by atoms with Gasteiger partial charge in [-0.15, -0.1) is 5.10 Å². The summed E-state index contributed by atoms with van der Waals surface area (Å²) in [6, 6.07) is 15.2. The molecule has 0 amide bonds. The van der Waals surface area contributed by atoms with Crippen molar-refractivity contribution in [1.82, 2.24) is 19.9 Å². The van der Waals surface area contributed by atoms with Gasteiger partial charge in [0.2, 0.25) is 11.6 Å². The minimum absolute atomic E-state index is 0.141. The number of rotatable bonds is 3. The Morgan fingerprint density at radius 2 is 1.52 bits per heavy atom. The first kappa shape index (κ1) is 17.8. The van der Waals surface area contributed by atoms with Gasteiger partial charge in [-0.2, -0.15) is 0 Å². The average Bonchev–Trinajstić information content (AvgIpc) is 3.17. The predicted molar refractivity (Wildman–Crippen MR) is 109 cm³/mol. The number of benzene rings is 2. The average molecular weight is 387 g/mol. The van der Waals surface area contributed by atoms with Crippen molar-refractivity contribution in [2.24, 2.45) is 0 Å². The maximum Gasteiger partial charge on any atom is 0.216 e. The fourth-order valence-corrected chi connectivity index (χ4v) is 3.99. The second-order valence-electron chi connectivity index (χ2n) is 7.60. The number of hydrogen-bond donors (Lipinski definition) is 0. The fraction of sp³-hybridized carbons (Fsp3) is 0.273. The molecule has 2 aliphatic rings. The first-order chi connectivity index (χ1) is 14.1. The van der Waals surface area contributed by atoms with Crippen LogP contribution < -0.4 is 4.90 Å². The molecular formula is C22H21N5O2. The zero-order valence-corrected chi connectivity index (χ0v) is 16.2. The van der Waals surface area contributed by atoms with E-state index in [2.05, 4.69) is 39.3 Å². The largest absolute Gasteiger partial charge is 0.369 e. The molecule has 0 atom stereocenters. The van der Waals surface area contributed by atoms with E-state index in [1.807, 2.05) is 12.1 Å². The summed E-state index contributed by atoms with van der Waals surface area (Å²) in [4.78, 5) is 30.3. The summed E-state index contributed by atoms with van der Waals surface area (Å²) in [5.41, 5.74) is 3.43. The molecule has 7 nitrogen and oxygen atoms in total. The number of fused-ring (bicyclic) bond motifs is 2. The minimum atomic E-state index is -0.244. The Morgan fingerprint density at radius 3 is 2.21 bits per heavy atom. The van der Waals surface area contributed by atoms with Crippen LogP contribution in [-0.2, 0) is 6.54 Å². The van der Waals surface area contributed by atoms with Gasteiger partial charge in [-0.25, -0.2) is 4.68 Å². The number of anilines is 1. The highest BCUT2D eigenvalue weighted by molar-refractivity contribution is 6.26. The summed E-state index contributed by atoms with van der Waals surface area (Å²) in [5.74, 6) is -0.443. The molecule has 0 saturated carbocycles. The number of carbonyl (C=O) groups is 2. The molecule has 1 aromatic heterocycles. The number of nitrogens with zero attached hydrogens (tertiary/aromatic N) is 5. The Bertz CT molecular complexity index is 1090. The number of likely N-dealkylation sites (N-methyl/N-ethyl adjacent to an activating group) is 1. The molecule has 1 aliphatic carbocycles. The second kappa shape index (κ2) is 6.93. The number of ketones is 2. The standard InChI is InChI=1S/C22H21N5O2/c1-25-10-12-26(13-11-25)16-8-6-15(7-9-16)14-27-20-19(23-24-27)21(28)17-4-2-3-5-18(17)22(20)29/h2-9H,10-14H2,1H3. The zero-order chi connectivity index (χ0) is 20.0. The summed E-state index contributed by atoms with van der Waals surface area (Å²) >= 11 is 0. The Labute approximate surface area is 168 Å². The van der Waals surface area contributed by atoms with Crippen molar-refractivity contribution < 1.29 is 9.59 Å². The first-order valence-electron chi connectivity index (χ1n) is 9.76. The van der Waals surface area contributed by atoms with E-state index in [-0.39, 0.29) is 23.0 Å². The quantitative estimate of drug-likeness (QED) is 0.534. The van der Waals surface area contributed by atoms with Crippen molar-refractivity contribution in [2.75, 3.05) is 38.1 Å². The van der Waals surface area contributed by atoms with Crippen LogP contribution in [0.4, 0.5) is 5.69 Å². The Hall–Kier alpha value is -3.32. The van der Waals surface area contributed by atoms with Crippen LogP contribution in [0.3, 0.4) is 0 Å². The molecule has 0 bridgehead atoms. The molecule has 2 heterocycles.